The van der Waals surface area contributed by atoms with E-state index in [0.717, 1.165) is 5.92 Å². The maximum absolute atomic E-state index is 12.3. The SMILES string of the molecule is CC(C)OC(C(=O)O)C(C#CC(F)(F)F)c1ccccc1. The van der Waals surface area contributed by atoms with Crippen LogP contribution < -0.4 is 0 Å². The molecule has 0 saturated carbocycles. The lowest BCUT2D eigenvalue weighted by atomic mass is 9.93. The van der Waals surface area contributed by atoms with Gasteiger partial charge in [-0.2, -0.15) is 13.2 Å². The van der Waals surface area contributed by atoms with Crippen molar-refractivity contribution in [3.8, 4) is 11.8 Å². The minimum Gasteiger partial charge on any atom is -0.479 e. The first-order valence-corrected chi connectivity index (χ1v) is 6.23. The van der Waals surface area contributed by atoms with Gasteiger partial charge in [0.05, 0.1) is 12.0 Å². The predicted octanol–water partition coefficient (Wildman–Crippen LogP) is 3.21. The monoisotopic (exact) mass is 300 g/mol. The molecule has 0 aliphatic rings. The van der Waals surface area contributed by atoms with Crippen molar-refractivity contribution in [1.29, 1.82) is 0 Å². The van der Waals surface area contributed by atoms with Gasteiger partial charge in [-0.1, -0.05) is 36.3 Å². The van der Waals surface area contributed by atoms with Crippen LogP contribution in [-0.4, -0.2) is 29.5 Å². The number of carboxylic acid groups (broad SMARTS) is 1. The second-order valence-corrected chi connectivity index (χ2v) is 4.60. The molecule has 3 nitrogen and oxygen atoms in total. The molecular weight excluding hydrogens is 285 g/mol. The Morgan fingerprint density at radius 1 is 1.24 bits per heavy atom. The van der Waals surface area contributed by atoms with Gasteiger partial charge >= 0.3 is 12.1 Å². The average molecular weight is 300 g/mol. The number of benzene rings is 1. The number of ether oxygens (including phenoxy) is 1. The van der Waals surface area contributed by atoms with Crippen LogP contribution in [0.25, 0.3) is 0 Å². The fourth-order valence-electron chi connectivity index (χ4n) is 1.73. The summed E-state index contributed by atoms with van der Waals surface area (Å²) in [4.78, 5) is 11.3. The molecule has 0 aliphatic carbocycles. The Bertz CT molecular complexity index is 527. The van der Waals surface area contributed by atoms with Gasteiger partial charge in [-0.15, -0.1) is 0 Å². The first-order valence-electron chi connectivity index (χ1n) is 6.23. The molecule has 0 bridgehead atoms. The molecule has 1 N–H and O–H groups in total. The normalized spacial score (nSPS) is 14.2. The van der Waals surface area contributed by atoms with Gasteiger partial charge in [0.2, 0.25) is 0 Å². The first kappa shape index (κ1) is 17.1. The maximum atomic E-state index is 12.3. The van der Waals surface area contributed by atoms with Crippen LogP contribution in [-0.2, 0) is 9.53 Å². The molecule has 114 valence electrons. The number of carbonyl (C=O) groups is 1. The van der Waals surface area contributed by atoms with E-state index in [-0.39, 0.29) is 0 Å². The van der Waals surface area contributed by atoms with Crippen LogP contribution in [0.3, 0.4) is 0 Å². The van der Waals surface area contributed by atoms with Crippen molar-refractivity contribution >= 4 is 5.97 Å². The molecule has 0 aromatic heterocycles. The van der Waals surface area contributed by atoms with Crippen molar-refractivity contribution in [2.45, 2.75) is 38.1 Å². The predicted molar refractivity (Wildman–Crippen MR) is 70.7 cm³/mol. The third-order valence-electron chi connectivity index (χ3n) is 2.49. The fourth-order valence-corrected chi connectivity index (χ4v) is 1.73. The lowest BCUT2D eigenvalue weighted by Crippen LogP contribution is -2.33. The second kappa shape index (κ2) is 7.14. The molecule has 6 heteroatoms. The van der Waals surface area contributed by atoms with Crippen molar-refractivity contribution in [2.75, 3.05) is 0 Å². The molecule has 0 spiro atoms. The number of hydrogen-bond donors (Lipinski definition) is 1. The van der Waals surface area contributed by atoms with Gasteiger partial charge in [0.15, 0.2) is 6.10 Å². The maximum Gasteiger partial charge on any atom is 0.457 e. The van der Waals surface area contributed by atoms with Crippen molar-refractivity contribution in [3.63, 3.8) is 0 Å². The van der Waals surface area contributed by atoms with E-state index in [0.29, 0.717) is 5.56 Å². The zero-order valence-electron chi connectivity index (χ0n) is 11.5. The van der Waals surface area contributed by atoms with Gasteiger partial charge in [-0.25, -0.2) is 4.79 Å². The van der Waals surface area contributed by atoms with Gasteiger partial charge < -0.3 is 9.84 Å². The summed E-state index contributed by atoms with van der Waals surface area (Å²) in [6.07, 6.45) is -6.61. The van der Waals surface area contributed by atoms with Crippen molar-refractivity contribution in [2.24, 2.45) is 0 Å². The fraction of sp³-hybridized carbons (Fsp3) is 0.400. The van der Waals surface area contributed by atoms with E-state index in [1.165, 1.54) is 12.1 Å². The average Bonchev–Trinajstić information content (AvgIpc) is 2.37. The summed E-state index contributed by atoms with van der Waals surface area (Å²) in [5, 5.41) is 9.21. The van der Waals surface area contributed by atoms with Crippen LogP contribution in [0.4, 0.5) is 13.2 Å². The summed E-state index contributed by atoms with van der Waals surface area (Å²) in [5.74, 6) is 0.564. The molecule has 21 heavy (non-hydrogen) atoms. The van der Waals surface area contributed by atoms with Crippen molar-refractivity contribution < 1.29 is 27.8 Å². The van der Waals surface area contributed by atoms with E-state index in [1.54, 1.807) is 32.0 Å². The van der Waals surface area contributed by atoms with Crippen molar-refractivity contribution in [1.82, 2.24) is 0 Å². The highest BCUT2D eigenvalue weighted by Crippen LogP contribution is 2.24. The summed E-state index contributed by atoms with van der Waals surface area (Å²) in [7, 11) is 0. The summed E-state index contributed by atoms with van der Waals surface area (Å²) < 4.78 is 42.1. The number of alkyl halides is 3. The zero-order valence-corrected chi connectivity index (χ0v) is 11.5. The molecular formula is C15H15F3O3. The Kier molecular flexibility index (Phi) is 5.79. The number of aliphatic carboxylic acids is 1. The Balaban J connectivity index is 3.22. The first-order chi connectivity index (χ1) is 9.70. The third kappa shape index (κ3) is 5.88. The summed E-state index contributed by atoms with van der Waals surface area (Å²) in [6.45, 7) is 3.21. The molecule has 0 fully saturated rings. The van der Waals surface area contributed by atoms with E-state index >= 15 is 0 Å². The third-order valence-corrected chi connectivity index (χ3v) is 2.49. The standard InChI is InChI=1S/C15H15F3O3/c1-10(2)21-13(14(19)20)12(8-9-15(16,17)18)11-6-4-3-5-7-11/h3-7,10,12-13H,1-2H3,(H,19,20). The summed E-state index contributed by atoms with van der Waals surface area (Å²) in [6, 6.07) is 7.93. The molecule has 1 aromatic rings. The Morgan fingerprint density at radius 3 is 2.24 bits per heavy atom. The highest BCUT2D eigenvalue weighted by molar-refractivity contribution is 5.74. The van der Waals surface area contributed by atoms with Gasteiger partial charge in [0.1, 0.15) is 0 Å². The molecule has 0 amide bonds. The summed E-state index contributed by atoms with van der Waals surface area (Å²) in [5.41, 5.74) is 0.363. The van der Waals surface area contributed by atoms with Crippen LogP contribution in [0.15, 0.2) is 30.3 Å². The Hall–Kier alpha value is -2.00. The molecule has 2 atom stereocenters. The number of hydrogen-bond acceptors (Lipinski definition) is 2. The van der Waals surface area contributed by atoms with Gasteiger partial charge in [0.25, 0.3) is 0 Å². The van der Waals surface area contributed by atoms with Crippen LogP contribution in [0.2, 0.25) is 0 Å². The molecule has 0 saturated heterocycles. The van der Waals surface area contributed by atoms with Gasteiger partial charge in [-0.05, 0) is 19.4 Å². The van der Waals surface area contributed by atoms with Gasteiger partial charge in [0, 0.05) is 5.92 Å². The molecule has 2 unspecified atom stereocenters. The highest BCUT2D eigenvalue weighted by atomic mass is 19.4. The van der Waals surface area contributed by atoms with Crippen molar-refractivity contribution in [3.05, 3.63) is 35.9 Å². The Labute approximate surface area is 120 Å². The quantitative estimate of drug-likeness (QED) is 0.849. The lowest BCUT2D eigenvalue weighted by Gasteiger charge is -2.22. The molecule has 0 radical (unpaired) electrons. The minimum atomic E-state index is -4.69. The summed E-state index contributed by atoms with van der Waals surface area (Å²) >= 11 is 0. The highest BCUT2D eigenvalue weighted by Gasteiger charge is 2.31. The zero-order chi connectivity index (χ0) is 16.0. The molecule has 0 heterocycles. The van der Waals surface area contributed by atoms with Crippen LogP contribution in [0.1, 0.15) is 25.3 Å². The van der Waals surface area contributed by atoms with Crippen LogP contribution in [0, 0.1) is 11.8 Å². The van der Waals surface area contributed by atoms with Crippen LogP contribution >= 0.6 is 0 Å². The van der Waals surface area contributed by atoms with Crippen LogP contribution in [0.5, 0.6) is 0 Å². The van der Waals surface area contributed by atoms with E-state index in [4.69, 9.17) is 4.74 Å². The molecule has 1 aromatic carbocycles. The number of halogens is 3. The van der Waals surface area contributed by atoms with E-state index in [1.807, 2.05) is 5.92 Å². The van der Waals surface area contributed by atoms with E-state index < -0.39 is 30.3 Å². The topological polar surface area (TPSA) is 46.5 Å². The minimum absolute atomic E-state index is 0.363. The Morgan fingerprint density at radius 2 is 1.81 bits per heavy atom. The number of rotatable bonds is 5. The molecule has 0 aliphatic heterocycles. The second-order valence-electron chi connectivity index (χ2n) is 4.60. The smallest absolute Gasteiger partial charge is 0.457 e. The van der Waals surface area contributed by atoms with Gasteiger partial charge in [-0.3, -0.25) is 0 Å². The van der Waals surface area contributed by atoms with E-state index in [9.17, 15) is 23.1 Å². The largest absolute Gasteiger partial charge is 0.479 e. The number of carboxylic acids is 1. The molecule has 1 rings (SSSR count). The van der Waals surface area contributed by atoms with E-state index in [2.05, 4.69) is 0 Å². The lowest BCUT2D eigenvalue weighted by molar-refractivity contribution is -0.154.